The van der Waals surface area contributed by atoms with Gasteiger partial charge in [0.2, 0.25) is 11.8 Å². The molecule has 1 saturated heterocycles. The summed E-state index contributed by atoms with van der Waals surface area (Å²) < 4.78 is 14.8. The average Bonchev–Trinajstić information content (AvgIpc) is 3.28. The number of hydrogen-bond acceptors (Lipinski definition) is 7. The molecule has 3 aromatic rings. The second kappa shape index (κ2) is 8.48. The Morgan fingerprint density at radius 2 is 1.72 bits per heavy atom. The highest BCUT2D eigenvalue weighted by atomic mass is 16.5. The molecule has 2 aromatic carbocycles. The number of phenolic OH excluding ortho intramolecular Hbond substituents is 1. The van der Waals surface area contributed by atoms with Crippen molar-refractivity contribution in [2.45, 2.75) is 31.8 Å². The van der Waals surface area contributed by atoms with Crippen LogP contribution >= 0.6 is 0 Å². The van der Waals surface area contributed by atoms with E-state index in [4.69, 9.17) is 9.47 Å². The molecule has 3 heterocycles. The van der Waals surface area contributed by atoms with E-state index >= 15 is 0 Å². The van der Waals surface area contributed by atoms with Gasteiger partial charge in [0.15, 0.2) is 0 Å². The highest BCUT2D eigenvalue weighted by molar-refractivity contribution is 6.24. The molecule has 2 amide bonds. The van der Waals surface area contributed by atoms with Crippen LogP contribution in [0.15, 0.2) is 63.7 Å². The van der Waals surface area contributed by atoms with Gasteiger partial charge in [-0.15, -0.1) is 0 Å². The fourth-order valence-corrected chi connectivity index (χ4v) is 6.68. The third kappa shape index (κ3) is 3.15. The number of para-hydroxylation sites is 1. The van der Waals surface area contributed by atoms with Crippen molar-refractivity contribution in [1.82, 2.24) is 13.9 Å². The lowest BCUT2D eigenvalue weighted by Gasteiger charge is -2.47. The summed E-state index contributed by atoms with van der Waals surface area (Å²) in [5.41, 5.74) is -0.882. The minimum absolute atomic E-state index is 0.0990. The summed E-state index contributed by atoms with van der Waals surface area (Å²) in [6.45, 7) is 1.84. The van der Waals surface area contributed by atoms with Gasteiger partial charge >= 0.3 is 11.4 Å². The smallest absolute Gasteiger partial charge is 0.347 e. The molecular formula is C28H28N4O7. The van der Waals surface area contributed by atoms with Crippen molar-refractivity contribution in [3.8, 4) is 17.2 Å². The molecule has 2 fully saturated rings. The third-order valence-electron chi connectivity index (χ3n) is 8.58. The normalized spacial score (nSPS) is 25.6. The molecule has 0 bridgehead atoms. The van der Waals surface area contributed by atoms with E-state index in [0.717, 1.165) is 4.57 Å². The van der Waals surface area contributed by atoms with Crippen molar-refractivity contribution in [2.75, 3.05) is 19.1 Å². The summed E-state index contributed by atoms with van der Waals surface area (Å²) in [6, 6.07) is 11.0. The third-order valence-corrected chi connectivity index (χ3v) is 8.58. The van der Waals surface area contributed by atoms with Crippen molar-refractivity contribution >= 4 is 17.5 Å². The first-order valence-corrected chi connectivity index (χ1v) is 12.6. The SMILES string of the molecule is COc1cc(O)c([C@H]2C3=CCn4c(=O)n(C)c(=O)n4[C@@H]3C[C@H]3C(=O)N(c4ccccc4)C(=O)[C@@]23C)c(OC)c1. The molecule has 0 radical (unpaired) electrons. The molecule has 4 atom stereocenters. The van der Waals surface area contributed by atoms with Crippen LogP contribution in [-0.2, 0) is 23.2 Å². The molecular weight excluding hydrogens is 504 g/mol. The largest absolute Gasteiger partial charge is 0.507 e. The number of hydrogen-bond donors (Lipinski definition) is 1. The van der Waals surface area contributed by atoms with Crippen LogP contribution in [0.3, 0.4) is 0 Å². The van der Waals surface area contributed by atoms with E-state index in [9.17, 15) is 24.3 Å². The molecule has 202 valence electrons. The maximum Gasteiger partial charge on any atom is 0.347 e. The second-order valence-corrected chi connectivity index (χ2v) is 10.4. The van der Waals surface area contributed by atoms with Crippen molar-refractivity contribution < 1.29 is 24.2 Å². The van der Waals surface area contributed by atoms with Gasteiger partial charge < -0.3 is 14.6 Å². The zero-order valence-electron chi connectivity index (χ0n) is 22.0. The lowest BCUT2D eigenvalue weighted by Crippen LogP contribution is -2.49. The number of ether oxygens (including phenoxy) is 2. The van der Waals surface area contributed by atoms with Gasteiger partial charge in [-0.25, -0.2) is 28.4 Å². The van der Waals surface area contributed by atoms with Gasteiger partial charge in [0.1, 0.15) is 17.2 Å². The molecule has 1 aliphatic carbocycles. The summed E-state index contributed by atoms with van der Waals surface area (Å²) in [6.07, 6.45) is 1.96. The van der Waals surface area contributed by atoms with Crippen LogP contribution in [0.5, 0.6) is 17.2 Å². The minimum Gasteiger partial charge on any atom is -0.507 e. The number of carbonyl (C=O) groups is 2. The molecule has 1 N–H and O–H groups in total. The first-order valence-electron chi connectivity index (χ1n) is 12.6. The molecule has 6 rings (SSSR count). The number of benzene rings is 2. The van der Waals surface area contributed by atoms with Gasteiger partial charge in [0.25, 0.3) is 0 Å². The van der Waals surface area contributed by atoms with Gasteiger partial charge in [-0.3, -0.25) is 9.59 Å². The van der Waals surface area contributed by atoms with Crippen LogP contribution in [0.4, 0.5) is 5.69 Å². The number of carbonyl (C=O) groups excluding carboxylic acids is 2. The Bertz CT molecular complexity index is 1680. The van der Waals surface area contributed by atoms with Crippen molar-refractivity contribution in [1.29, 1.82) is 0 Å². The number of imide groups is 1. The summed E-state index contributed by atoms with van der Waals surface area (Å²) in [7, 11) is 4.32. The Kier molecular flexibility index (Phi) is 5.39. The fraction of sp³-hybridized carbons (Fsp3) is 0.357. The van der Waals surface area contributed by atoms with E-state index < -0.39 is 46.5 Å². The molecule has 0 spiro atoms. The Balaban J connectivity index is 1.64. The van der Waals surface area contributed by atoms with Gasteiger partial charge in [-0.2, -0.15) is 0 Å². The van der Waals surface area contributed by atoms with E-state index in [1.54, 1.807) is 43.3 Å². The predicted molar refractivity (Wildman–Crippen MR) is 140 cm³/mol. The number of methoxy groups -OCH3 is 2. The molecule has 11 heteroatoms. The number of nitrogens with zero attached hydrogens (tertiary/aromatic N) is 4. The zero-order chi connectivity index (χ0) is 27.8. The Hall–Kier alpha value is -4.54. The van der Waals surface area contributed by atoms with E-state index in [1.807, 2.05) is 6.08 Å². The lowest BCUT2D eigenvalue weighted by atomic mass is 9.56. The zero-order valence-corrected chi connectivity index (χ0v) is 22.0. The van der Waals surface area contributed by atoms with Crippen LogP contribution < -0.4 is 25.8 Å². The summed E-state index contributed by atoms with van der Waals surface area (Å²) in [4.78, 5) is 55.6. The van der Waals surface area contributed by atoms with Gasteiger partial charge in [0, 0.05) is 30.7 Å². The average molecular weight is 533 g/mol. The number of amides is 2. The van der Waals surface area contributed by atoms with Gasteiger partial charge in [0.05, 0.1) is 43.8 Å². The fourth-order valence-electron chi connectivity index (χ4n) is 6.68. The minimum atomic E-state index is -1.32. The topological polar surface area (TPSA) is 125 Å². The van der Waals surface area contributed by atoms with Gasteiger partial charge in [-0.05, 0) is 31.1 Å². The monoisotopic (exact) mass is 532 g/mol. The highest BCUT2D eigenvalue weighted by Crippen LogP contribution is 2.63. The molecule has 1 aromatic heterocycles. The predicted octanol–water partition coefficient (Wildman–Crippen LogP) is 1.94. The van der Waals surface area contributed by atoms with Crippen molar-refractivity contribution in [3.05, 3.63) is 80.6 Å². The number of allylic oxidation sites excluding steroid dienone is 2. The van der Waals surface area contributed by atoms with Crippen molar-refractivity contribution in [3.63, 3.8) is 0 Å². The number of fused-ring (bicyclic) bond motifs is 4. The molecule has 39 heavy (non-hydrogen) atoms. The quantitative estimate of drug-likeness (QED) is 0.402. The van der Waals surface area contributed by atoms with E-state index in [1.165, 1.54) is 41.6 Å². The number of aromatic hydroxyl groups is 1. The number of rotatable bonds is 4. The molecule has 3 aliphatic rings. The number of aromatic nitrogens is 3. The van der Waals surface area contributed by atoms with Gasteiger partial charge in [-0.1, -0.05) is 24.3 Å². The Labute approximate surface area is 223 Å². The molecule has 1 saturated carbocycles. The van der Waals surface area contributed by atoms with E-state index in [2.05, 4.69) is 0 Å². The van der Waals surface area contributed by atoms with Crippen LogP contribution in [0.2, 0.25) is 0 Å². The molecule has 2 aliphatic heterocycles. The summed E-state index contributed by atoms with van der Waals surface area (Å²) in [5.74, 6) is -2.03. The summed E-state index contributed by atoms with van der Waals surface area (Å²) in [5, 5.41) is 11.3. The number of anilines is 1. The van der Waals surface area contributed by atoms with Crippen LogP contribution in [0.25, 0.3) is 0 Å². The lowest BCUT2D eigenvalue weighted by molar-refractivity contribution is -0.129. The maximum atomic E-state index is 14.3. The Morgan fingerprint density at radius 1 is 1.00 bits per heavy atom. The Morgan fingerprint density at radius 3 is 2.38 bits per heavy atom. The second-order valence-electron chi connectivity index (χ2n) is 10.4. The number of phenols is 1. The van der Waals surface area contributed by atoms with Crippen LogP contribution in [-0.4, -0.2) is 45.1 Å². The first-order chi connectivity index (χ1) is 18.6. The molecule has 0 unspecified atom stereocenters. The summed E-state index contributed by atoms with van der Waals surface area (Å²) >= 11 is 0. The first kappa shape index (κ1) is 24.8. The maximum absolute atomic E-state index is 14.3. The molecule has 11 nitrogen and oxygen atoms in total. The standard InChI is InChI=1S/C28H28N4O7/c1-28-18(24(34)31(25(28)35)15-8-6-5-7-9-15)14-19-17(10-11-30-26(36)29(2)27(37)32(19)30)23(28)22-20(33)12-16(38-3)13-21(22)39-4/h5-10,12-13,18-19,23,33H,11,14H2,1-4H3/t18-,19+,23+,28+/m0/s1. The van der Waals surface area contributed by atoms with Crippen LogP contribution in [0, 0.1) is 11.3 Å². The van der Waals surface area contributed by atoms with E-state index in [-0.39, 0.29) is 24.5 Å². The van der Waals surface area contributed by atoms with E-state index in [0.29, 0.717) is 22.6 Å². The van der Waals surface area contributed by atoms with Crippen molar-refractivity contribution in [2.24, 2.45) is 18.4 Å². The van der Waals surface area contributed by atoms with Crippen LogP contribution in [0.1, 0.15) is 30.9 Å². The highest BCUT2D eigenvalue weighted by Gasteiger charge is 2.66.